The molecule has 0 atom stereocenters. The molecule has 1 saturated heterocycles. The van der Waals surface area contributed by atoms with E-state index in [0.717, 1.165) is 25.1 Å². The fourth-order valence-electron chi connectivity index (χ4n) is 2.88. The van der Waals surface area contributed by atoms with Gasteiger partial charge in [-0.05, 0) is 37.1 Å². The number of phenols is 1. The number of aromatic hydroxyl groups is 1. The van der Waals surface area contributed by atoms with E-state index in [0.29, 0.717) is 0 Å². The fraction of sp³-hybridized carbons (Fsp3) is 0.462. The molecule has 0 aromatic heterocycles. The van der Waals surface area contributed by atoms with Crippen LogP contribution in [0.2, 0.25) is 0 Å². The van der Waals surface area contributed by atoms with E-state index in [2.05, 4.69) is 5.32 Å². The van der Waals surface area contributed by atoms with Crippen LogP contribution in [0, 0.1) is 0 Å². The Hall–Kier alpha value is -1.71. The molecular formula is C13H16N2O2. The molecule has 0 unspecified atom stereocenters. The van der Waals surface area contributed by atoms with Gasteiger partial charge in [0.15, 0.2) is 0 Å². The first kappa shape index (κ1) is 10.4. The largest absolute Gasteiger partial charge is 0.508 e. The first-order valence-electron chi connectivity index (χ1n) is 6.07. The lowest BCUT2D eigenvalue weighted by Gasteiger charge is -2.22. The number of carbonyl (C=O) groups is 1. The second-order valence-electron chi connectivity index (χ2n) is 5.02. The molecule has 17 heavy (non-hydrogen) atoms. The molecule has 1 aliphatic heterocycles. The third kappa shape index (κ3) is 1.73. The average molecular weight is 232 g/mol. The fourth-order valence-corrected chi connectivity index (χ4v) is 2.88. The zero-order valence-corrected chi connectivity index (χ0v) is 9.65. The van der Waals surface area contributed by atoms with Gasteiger partial charge in [-0.1, -0.05) is 12.8 Å². The highest BCUT2D eigenvalue weighted by Crippen LogP contribution is 2.35. The van der Waals surface area contributed by atoms with E-state index in [4.69, 9.17) is 0 Å². The summed E-state index contributed by atoms with van der Waals surface area (Å²) in [4.78, 5) is 13.7. The van der Waals surface area contributed by atoms with Crippen molar-refractivity contribution in [3.8, 4) is 5.75 Å². The number of benzene rings is 1. The Morgan fingerprint density at radius 1 is 1.18 bits per heavy atom. The minimum atomic E-state index is -0.0161. The lowest BCUT2D eigenvalue weighted by atomic mass is 9.99. The maximum absolute atomic E-state index is 12.0. The predicted octanol–water partition coefficient (Wildman–Crippen LogP) is 2.23. The van der Waals surface area contributed by atoms with Crippen LogP contribution in [0.3, 0.4) is 0 Å². The zero-order valence-electron chi connectivity index (χ0n) is 9.65. The highest BCUT2D eigenvalue weighted by Gasteiger charge is 2.44. The number of anilines is 1. The van der Waals surface area contributed by atoms with Gasteiger partial charge in [0.25, 0.3) is 0 Å². The number of nitrogens with one attached hydrogen (secondary N) is 1. The number of rotatable bonds is 1. The average Bonchev–Trinajstić information content (AvgIpc) is 2.88. The molecule has 2 amide bonds. The van der Waals surface area contributed by atoms with Crippen LogP contribution in [0.15, 0.2) is 24.3 Å². The lowest BCUT2D eigenvalue weighted by Crippen LogP contribution is -2.40. The molecule has 2 aliphatic rings. The molecule has 90 valence electrons. The highest BCUT2D eigenvalue weighted by molar-refractivity contribution is 5.95. The molecule has 1 aliphatic carbocycles. The van der Waals surface area contributed by atoms with Crippen LogP contribution < -0.4 is 10.2 Å². The maximum atomic E-state index is 12.0. The summed E-state index contributed by atoms with van der Waals surface area (Å²) in [5.41, 5.74) is 0.846. The van der Waals surface area contributed by atoms with Crippen molar-refractivity contribution in [3.05, 3.63) is 24.3 Å². The normalized spacial score (nSPS) is 22.1. The quantitative estimate of drug-likeness (QED) is 0.780. The molecule has 1 aromatic rings. The van der Waals surface area contributed by atoms with E-state index >= 15 is 0 Å². The van der Waals surface area contributed by atoms with Crippen molar-refractivity contribution in [3.63, 3.8) is 0 Å². The number of hydrogen-bond acceptors (Lipinski definition) is 2. The first-order chi connectivity index (χ1) is 8.19. The van der Waals surface area contributed by atoms with Gasteiger partial charge in [-0.2, -0.15) is 0 Å². The first-order valence-corrected chi connectivity index (χ1v) is 6.07. The smallest absolute Gasteiger partial charge is 0.322 e. The van der Waals surface area contributed by atoms with Gasteiger partial charge in [-0.3, -0.25) is 4.90 Å². The molecule has 0 bridgehead atoms. The van der Waals surface area contributed by atoms with Crippen molar-refractivity contribution in [1.29, 1.82) is 0 Å². The minimum Gasteiger partial charge on any atom is -0.508 e. The van der Waals surface area contributed by atoms with Crippen molar-refractivity contribution in [2.75, 3.05) is 11.4 Å². The standard InChI is InChI=1S/C13H16N2O2/c16-11-5-3-10(4-6-11)15-9-13(14-12(15)17)7-1-2-8-13/h3-6,16H,1-2,7-9H2,(H,14,17). The monoisotopic (exact) mass is 232 g/mol. The Morgan fingerprint density at radius 2 is 1.82 bits per heavy atom. The summed E-state index contributed by atoms with van der Waals surface area (Å²) in [6, 6.07) is 6.77. The summed E-state index contributed by atoms with van der Waals surface area (Å²) in [5.74, 6) is 0.226. The Morgan fingerprint density at radius 3 is 2.47 bits per heavy atom. The molecule has 1 spiro atoms. The summed E-state index contributed by atoms with van der Waals surface area (Å²) in [7, 11) is 0. The van der Waals surface area contributed by atoms with Crippen molar-refractivity contribution in [2.24, 2.45) is 0 Å². The molecule has 1 heterocycles. The summed E-state index contributed by atoms with van der Waals surface area (Å²) >= 11 is 0. The minimum absolute atomic E-state index is 0.00499. The zero-order chi connectivity index (χ0) is 11.9. The van der Waals surface area contributed by atoms with Crippen molar-refractivity contribution in [2.45, 2.75) is 31.2 Å². The molecule has 1 saturated carbocycles. The molecule has 4 heteroatoms. The molecule has 1 aromatic carbocycles. The summed E-state index contributed by atoms with van der Waals surface area (Å²) < 4.78 is 0. The number of amides is 2. The number of hydrogen-bond donors (Lipinski definition) is 2. The number of nitrogens with zero attached hydrogens (tertiary/aromatic N) is 1. The van der Waals surface area contributed by atoms with Crippen LogP contribution in [0.4, 0.5) is 10.5 Å². The van der Waals surface area contributed by atoms with Crippen LogP contribution in [0.1, 0.15) is 25.7 Å². The summed E-state index contributed by atoms with van der Waals surface area (Å²) in [6.07, 6.45) is 4.55. The van der Waals surface area contributed by atoms with Crippen molar-refractivity contribution in [1.82, 2.24) is 5.32 Å². The molecule has 4 nitrogen and oxygen atoms in total. The summed E-state index contributed by atoms with van der Waals surface area (Å²) in [6.45, 7) is 0.747. The number of urea groups is 1. The Bertz CT molecular complexity index is 435. The van der Waals surface area contributed by atoms with E-state index in [1.807, 2.05) is 0 Å². The number of carbonyl (C=O) groups excluding carboxylic acids is 1. The van der Waals surface area contributed by atoms with Crippen molar-refractivity contribution >= 4 is 11.7 Å². The van der Waals surface area contributed by atoms with Crippen LogP contribution in [-0.4, -0.2) is 23.2 Å². The van der Waals surface area contributed by atoms with Gasteiger partial charge in [0.2, 0.25) is 0 Å². The highest BCUT2D eigenvalue weighted by atomic mass is 16.3. The summed E-state index contributed by atoms with van der Waals surface area (Å²) in [5, 5.41) is 12.4. The second-order valence-corrected chi connectivity index (χ2v) is 5.02. The lowest BCUT2D eigenvalue weighted by molar-refractivity contribution is 0.247. The molecule has 0 radical (unpaired) electrons. The van der Waals surface area contributed by atoms with E-state index in [1.165, 1.54) is 12.8 Å². The van der Waals surface area contributed by atoms with Crippen molar-refractivity contribution < 1.29 is 9.90 Å². The van der Waals surface area contributed by atoms with E-state index in [1.54, 1.807) is 29.2 Å². The van der Waals surface area contributed by atoms with Gasteiger partial charge < -0.3 is 10.4 Å². The Balaban J connectivity index is 1.85. The second kappa shape index (κ2) is 3.65. The van der Waals surface area contributed by atoms with Gasteiger partial charge in [-0.15, -0.1) is 0 Å². The Labute approximate surface area is 100 Å². The van der Waals surface area contributed by atoms with Gasteiger partial charge in [0.1, 0.15) is 5.75 Å². The third-order valence-corrected chi connectivity index (χ3v) is 3.80. The van der Waals surface area contributed by atoms with Gasteiger partial charge in [0, 0.05) is 5.69 Å². The maximum Gasteiger partial charge on any atom is 0.322 e. The molecule has 2 N–H and O–H groups in total. The van der Waals surface area contributed by atoms with Crippen LogP contribution >= 0.6 is 0 Å². The topological polar surface area (TPSA) is 52.6 Å². The Kier molecular flexibility index (Phi) is 2.24. The van der Waals surface area contributed by atoms with E-state index in [9.17, 15) is 9.90 Å². The molecular weight excluding hydrogens is 216 g/mol. The predicted molar refractivity (Wildman–Crippen MR) is 65.2 cm³/mol. The van der Waals surface area contributed by atoms with Crippen LogP contribution in [0.25, 0.3) is 0 Å². The van der Waals surface area contributed by atoms with E-state index in [-0.39, 0.29) is 17.3 Å². The van der Waals surface area contributed by atoms with E-state index < -0.39 is 0 Å². The van der Waals surface area contributed by atoms with Gasteiger partial charge in [0.05, 0.1) is 12.1 Å². The van der Waals surface area contributed by atoms with Crippen LogP contribution in [-0.2, 0) is 0 Å². The molecule has 3 rings (SSSR count). The van der Waals surface area contributed by atoms with Crippen LogP contribution in [0.5, 0.6) is 5.75 Å². The molecule has 2 fully saturated rings. The number of phenolic OH excluding ortho intramolecular Hbond substituents is 1. The third-order valence-electron chi connectivity index (χ3n) is 3.80. The van der Waals surface area contributed by atoms with Gasteiger partial charge in [-0.25, -0.2) is 4.79 Å². The van der Waals surface area contributed by atoms with Gasteiger partial charge >= 0.3 is 6.03 Å². The SMILES string of the molecule is O=C1NC2(CCCC2)CN1c1ccc(O)cc1.